The van der Waals surface area contributed by atoms with Crippen LogP contribution >= 0.6 is 0 Å². The molecule has 0 saturated carbocycles. The first-order chi connectivity index (χ1) is 22.8. The molecule has 3 heteroatoms. The first-order valence-electron chi connectivity index (χ1n) is 15.5. The molecule has 0 radical (unpaired) electrons. The van der Waals surface area contributed by atoms with E-state index in [-0.39, 0.29) is 0 Å². The maximum Gasteiger partial charge on any atom is 0.188 e. The Morgan fingerprint density at radius 1 is 0.348 bits per heavy atom. The Bertz CT molecular complexity index is 2580. The fourth-order valence-corrected chi connectivity index (χ4v) is 7.00. The lowest BCUT2D eigenvalue weighted by molar-refractivity contribution is 1.18. The summed E-state index contributed by atoms with van der Waals surface area (Å²) in [5.41, 5.74) is 12.2. The highest BCUT2D eigenvalue weighted by Crippen LogP contribution is 2.38. The van der Waals surface area contributed by atoms with E-state index in [0.29, 0.717) is 5.69 Å². The van der Waals surface area contributed by atoms with Gasteiger partial charge in [0.2, 0.25) is 0 Å². The molecule has 0 fully saturated rings. The minimum absolute atomic E-state index is 0.644. The minimum Gasteiger partial charge on any atom is -0.309 e. The molecule has 2 heterocycles. The van der Waals surface area contributed by atoms with Gasteiger partial charge in [-0.15, -0.1) is 0 Å². The molecular formula is C43H27N3. The van der Waals surface area contributed by atoms with Crippen LogP contribution in [0.4, 0.5) is 5.69 Å². The topological polar surface area (TPSA) is 14.2 Å². The van der Waals surface area contributed by atoms with Gasteiger partial charge in [0.1, 0.15) is 0 Å². The van der Waals surface area contributed by atoms with Crippen molar-refractivity contribution >= 4 is 49.3 Å². The summed E-state index contributed by atoms with van der Waals surface area (Å²) in [4.78, 5) is 3.76. The molecule has 0 bridgehead atoms. The summed E-state index contributed by atoms with van der Waals surface area (Å²) in [5, 5.41) is 4.74. The van der Waals surface area contributed by atoms with Crippen LogP contribution in [0.15, 0.2) is 164 Å². The van der Waals surface area contributed by atoms with E-state index >= 15 is 0 Å². The van der Waals surface area contributed by atoms with E-state index in [0.717, 1.165) is 44.3 Å². The number of hydrogen-bond acceptors (Lipinski definition) is 0. The van der Waals surface area contributed by atoms with Crippen LogP contribution < -0.4 is 0 Å². The molecule has 0 amide bonds. The fraction of sp³-hybridized carbons (Fsp3) is 0. The van der Waals surface area contributed by atoms with Crippen LogP contribution in [0, 0.1) is 6.57 Å². The zero-order valence-electron chi connectivity index (χ0n) is 24.9. The Morgan fingerprint density at radius 3 is 1.59 bits per heavy atom. The maximum absolute atomic E-state index is 7.69. The molecule has 46 heavy (non-hydrogen) atoms. The summed E-state index contributed by atoms with van der Waals surface area (Å²) >= 11 is 0. The van der Waals surface area contributed by atoms with Crippen molar-refractivity contribution in [3.05, 3.63) is 175 Å². The van der Waals surface area contributed by atoms with Crippen molar-refractivity contribution < 1.29 is 0 Å². The van der Waals surface area contributed by atoms with Crippen molar-refractivity contribution in [2.24, 2.45) is 0 Å². The number of benzene rings is 7. The number of hydrogen-bond donors (Lipinski definition) is 0. The third kappa shape index (κ3) is 4.05. The number of aromatic nitrogens is 2. The first-order valence-corrected chi connectivity index (χ1v) is 15.5. The summed E-state index contributed by atoms with van der Waals surface area (Å²) in [6.07, 6.45) is 0. The Hall–Kier alpha value is -6.37. The van der Waals surface area contributed by atoms with Gasteiger partial charge in [0.25, 0.3) is 0 Å². The Morgan fingerprint density at radius 2 is 0.870 bits per heavy atom. The van der Waals surface area contributed by atoms with Crippen molar-refractivity contribution in [1.82, 2.24) is 9.13 Å². The molecule has 0 saturated heterocycles. The predicted molar refractivity (Wildman–Crippen MR) is 192 cm³/mol. The van der Waals surface area contributed by atoms with E-state index < -0.39 is 0 Å². The molecule has 0 N–H and O–H groups in total. The molecule has 2 aromatic heterocycles. The van der Waals surface area contributed by atoms with Crippen LogP contribution in [-0.4, -0.2) is 9.13 Å². The predicted octanol–water partition coefficient (Wildman–Crippen LogP) is 11.8. The van der Waals surface area contributed by atoms with Crippen molar-refractivity contribution in [1.29, 1.82) is 0 Å². The van der Waals surface area contributed by atoms with Crippen LogP contribution in [0.5, 0.6) is 0 Å². The second kappa shape index (κ2) is 10.4. The summed E-state index contributed by atoms with van der Waals surface area (Å²) in [6, 6.07) is 58.0. The molecule has 9 rings (SSSR count). The third-order valence-corrected chi connectivity index (χ3v) is 9.13. The molecule has 9 aromatic rings. The monoisotopic (exact) mass is 585 g/mol. The number of fused-ring (bicyclic) bond motifs is 6. The van der Waals surface area contributed by atoms with E-state index in [2.05, 4.69) is 160 Å². The number of para-hydroxylation sites is 2. The van der Waals surface area contributed by atoms with Crippen LogP contribution in [0.3, 0.4) is 0 Å². The molecule has 0 aliphatic rings. The molecular weight excluding hydrogens is 558 g/mol. The van der Waals surface area contributed by atoms with Crippen LogP contribution in [-0.2, 0) is 0 Å². The van der Waals surface area contributed by atoms with Gasteiger partial charge in [0, 0.05) is 27.5 Å². The van der Waals surface area contributed by atoms with Gasteiger partial charge in [0.15, 0.2) is 5.69 Å². The molecule has 0 aliphatic heterocycles. The number of rotatable bonds is 4. The highest BCUT2D eigenvalue weighted by Gasteiger charge is 2.16. The van der Waals surface area contributed by atoms with Gasteiger partial charge < -0.3 is 9.13 Å². The molecule has 214 valence electrons. The first kappa shape index (κ1) is 26.1. The van der Waals surface area contributed by atoms with Crippen LogP contribution in [0.2, 0.25) is 0 Å². The minimum atomic E-state index is 0.644. The second-order valence-electron chi connectivity index (χ2n) is 11.7. The average Bonchev–Trinajstić information content (AvgIpc) is 3.64. The highest BCUT2D eigenvalue weighted by atomic mass is 15.0. The third-order valence-electron chi connectivity index (χ3n) is 9.13. The zero-order chi connectivity index (χ0) is 30.6. The zero-order valence-corrected chi connectivity index (χ0v) is 24.9. The Kier molecular flexibility index (Phi) is 5.88. The smallest absolute Gasteiger partial charge is 0.188 e. The Labute approximate surface area is 266 Å². The van der Waals surface area contributed by atoms with E-state index in [9.17, 15) is 0 Å². The van der Waals surface area contributed by atoms with Gasteiger partial charge in [-0.2, -0.15) is 0 Å². The van der Waals surface area contributed by atoms with Crippen LogP contribution in [0.25, 0.3) is 82.1 Å². The SMILES string of the molecule is [C-]#[N+]c1ccc2c(c1)c1cc(-c3ccc(-n4c5ccccc5c5ccccc54)cc3)ccc1n2-c1cccc(-c2ccccc2)c1. The summed E-state index contributed by atoms with van der Waals surface area (Å²) in [6.45, 7) is 7.69. The molecule has 3 nitrogen and oxygen atoms in total. The lowest BCUT2D eigenvalue weighted by Gasteiger charge is -2.11. The van der Waals surface area contributed by atoms with Gasteiger partial charge in [0.05, 0.1) is 28.6 Å². The van der Waals surface area contributed by atoms with E-state index in [1.54, 1.807) is 0 Å². The average molecular weight is 586 g/mol. The normalized spacial score (nSPS) is 11.5. The lowest BCUT2D eigenvalue weighted by Crippen LogP contribution is -1.94. The molecule has 0 spiro atoms. The Balaban J connectivity index is 1.18. The largest absolute Gasteiger partial charge is 0.309 e. The van der Waals surface area contributed by atoms with Crippen molar-refractivity contribution in [2.75, 3.05) is 0 Å². The molecule has 0 atom stereocenters. The van der Waals surface area contributed by atoms with Crippen molar-refractivity contribution in [3.63, 3.8) is 0 Å². The van der Waals surface area contributed by atoms with Crippen LogP contribution in [0.1, 0.15) is 0 Å². The standard InChI is InChI=1S/C43H27N3/c1-44-33-21-25-43-39(28-33)38-27-32(20-24-42(38)46(43)35-13-9-12-31(26-35)29-10-3-2-4-11-29)30-18-22-34(23-19-30)45-40-16-7-5-14-36(40)37-15-6-8-17-41(37)45/h2-28H. The molecule has 0 unspecified atom stereocenters. The summed E-state index contributed by atoms with van der Waals surface area (Å²) in [5.74, 6) is 0. The maximum atomic E-state index is 7.69. The van der Waals surface area contributed by atoms with Gasteiger partial charge in [-0.25, -0.2) is 4.85 Å². The van der Waals surface area contributed by atoms with Crippen molar-refractivity contribution in [2.45, 2.75) is 0 Å². The highest BCUT2D eigenvalue weighted by molar-refractivity contribution is 6.12. The van der Waals surface area contributed by atoms with E-state index in [1.807, 2.05) is 18.2 Å². The lowest BCUT2D eigenvalue weighted by atomic mass is 10.0. The van der Waals surface area contributed by atoms with E-state index in [4.69, 9.17) is 6.57 Å². The summed E-state index contributed by atoms with van der Waals surface area (Å²) in [7, 11) is 0. The summed E-state index contributed by atoms with van der Waals surface area (Å²) < 4.78 is 4.67. The quantitative estimate of drug-likeness (QED) is 0.182. The van der Waals surface area contributed by atoms with Crippen molar-refractivity contribution in [3.8, 4) is 33.6 Å². The van der Waals surface area contributed by atoms with Gasteiger partial charge in [-0.1, -0.05) is 103 Å². The second-order valence-corrected chi connectivity index (χ2v) is 11.7. The number of nitrogens with zero attached hydrogens (tertiary/aromatic N) is 3. The van der Waals surface area contributed by atoms with Gasteiger partial charge in [-0.05, 0) is 88.3 Å². The molecule has 0 aliphatic carbocycles. The fourth-order valence-electron chi connectivity index (χ4n) is 7.00. The van der Waals surface area contributed by atoms with Gasteiger partial charge in [-0.3, -0.25) is 0 Å². The molecule has 7 aromatic carbocycles. The van der Waals surface area contributed by atoms with Gasteiger partial charge >= 0.3 is 0 Å². The van der Waals surface area contributed by atoms with E-state index in [1.165, 1.54) is 32.9 Å².